The van der Waals surface area contributed by atoms with Crippen molar-refractivity contribution in [2.75, 3.05) is 13.1 Å². The van der Waals surface area contributed by atoms with Gasteiger partial charge in [0.15, 0.2) is 0 Å². The summed E-state index contributed by atoms with van der Waals surface area (Å²) in [6, 6.07) is 19.0. The van der Waals surface area contributed by atoms with E-state index in [4.69, 9.17) is 0 Å². The fraction of sp³-hybridized carbons (Fsp3) is 0.364. The van der Waals surface area contributed by atoms with E-state index < -0.39 is 0 Å². The third-order valence-electron chi connectivity index (χ3n) is 4.99. The van der Waals surface area contributed by atoms with Gasteiger partial charge in [0.05, 0.1) is 6.04 Å². The number of amides is 2. The van der Waals surface area contributed by atoms with E-state index >= 15 is 0 Å². The largest absolute Gasteiger partial charge is 0.356 e. The van der Waals surface area contributed by atoms with Crippen molar-refractivity contribution in [2.24, 2.45) is 0 Å². The van der Waals surface area contributed by atoms with Crippen LogP contribution in [0, 0.1) is 0 Å². The Kier molecular flexibility index (Phi) is 6.05. The number of carbonyl (C=O) groups is 2. The Hall–Kier alpha value is -2.62. The van der Waals surface area contributed by atoms with Crippen LogP contribution < -0.4 is 5.32 Å². The molecule has 2 aromatic carbocycles. The van der Waals surface area contributed by atoms with Gasteiger partial charge in [-0.2, -0.15) is 0 Å². The minimum absolute atomic E-state index is 0.0950. The molecule has 0 spiro atoms. The highest BCUT2D eigenvalue weighted by atomic mass is 16.2. The quantitative estimate of drug-likeness (QED) is 0.869. The second kappa shape index (κ2) is 8.65. The topological polar surface area (TPSA) is 49.4 Å². The molecule has 1 aliphatic heterocycles. The Morgan fingerprint density at radius 3 is 2.58 bits per heavy atom. The van der Waals surface area contributed by atoms with Crippen molar-refractivity contribution in [2.45, 2.75) is 38.6 Å². The molecule has 0 fully saturated rings. The number of hydrogen-bond acceptors (Lipinski definition) is 2. The predicted octanol–water partition coefficient (Wildman–Crippen LogP) is 3.27. The molecular formula is C22H26N2O2. The fourth-order valence-corrected chi connectivity index (χ4v) is 3.70. The number of fused-ring (bicyclic) bond motifs is 1. The molecule has 4 nitrogen and oxygen atoms in total. The highest BCUT2D eigenvalue weighted by molar-refractivity contribution is 5.78. The molecule has 0 bridgehead atoms. The molecule has 0 radical (unpaired) electrons. The van der Waals surface area contributed by atoms with Crippen molar-refractivity contribution >= 4 is 11.8 Å². The summed E-state index contributed by atoms with van der Waals surface area (Å²) >= 11 is 0. The summed E-state index contributed by atoms with van der Waals surface area (Å²) in [5.74, 6) is 0.0220. The van der Waals surface area contributed by atoms with Crippen molar-refractivity contribution < 1.29 is 9.59 Å². The SMILES string of the molecule is CC(=O)NCCC(=O)N1CCc2ccccc2C1CCc1ccccc1. The van der Waals surface area contributed by atoms with E-state index in [0.29, 0.717) is 13.0 Å². The predicted molar refractivity (Wildman–Crippen MR) is 103 cm³/mol. The van der Waals surface area contributed by atoms with E-state index in [1.54, 1.807) is 0 Å². The molecule has 136 valence electrons. The van der Waals surface area contributed by atoms with Gasteiger partial charge in [-0.1, -0.05) is 54.6 Å². The molecule has 1 aliphatic rings. The lowest BCUT2D eigenvalue weighted by Crippen LogP contribution is -2.41. The molecule has 3 rings (SSSR count). The van der Waals surface area contributed by atoms with Gasteiger partial charge in [-0.25, -0.2) is 0 Å². The Bertz CT molecular complexity index is 758. The summed E-state index contributed by atoms with van der Waals surface area (Å²) in [4.78, 5) is 25.8. The lowest BCUT2D eigenvalue weighted by Gasteiger charge is -2.38. The zero-order valence-corrected chi connectivity index (χ0v) is 15.3. The highest BCUT2D eigenvalue weighted by Crippen LogP contribution is 2.33. The summed E-state index contributed by atoms with van der Waals surface area (Å²) in [6.07, 6.45) is 3.09. The molecule has 4 heteroatoms. The van der Waals surface area contributed by atoms with E-state index in [1.165, 1.54) is 23.6 Å². The monoisotopic (exact) mass is 350 g/mol. The summed E-state index contributed by atoms with van der Waals surface area (Å²) in [5, 5.41) is 2.72. The van der Waals surface area contributed by atoms with Gasteiger partial charge < -0.3 is 10.2 Å². The number of benzene rings is 2. The standard InChI is InChI=1S/C22H26N2O2/c1-17(25)23-15-13-22(26)24-16-14-19-9-5-6-10-20(19)21(24)12-11-18-7-3-2-4-8-18/h2-10,21H,11-16H2,1H3,(H,23,25). The first kappa shape index (κ1) is 18.2. The number of aryl methyl sites for hydroxylation is 1. The smallest absolute Gasteiger partial charge is 0.224 e. The summed E-state index contributed by atoms with van der Waals surface area (Å²) in [5.41, 5.74) is 3.90. The Balaban J connectivity index is 1.74. The Labute approximate surface area is 155 Å². The van der Waals surface area contributed by atoms with Crippen LogP contribution in [-0.2, 0) is 22.4 Å². The second-order valence-electron chi connectivity index (χ2n) is 6.81. The molecule has 26 heavy (non-hydrogen) atoms. The zero-order chi connectivity index (χ0) is 18.4. The van der Waals surface area contributed by atoms with Crippen molar-refractivity contribution in [3.05, 3.63) is 71.3 Å². The van der Waals surface area contributed by atoms with Crippen LogP contribution in [0.4, 0.5) is 0 Å². The minimum atomic E-state index is -0.0950. The minimum Gasteiger partial charge on any atom is -0.356 e. The number of rotatable bonds is 6. The molecule has 1 unspecified atom stereocenters. The van der Waals surface area contributed by atoms with Crippen LogP contribution in [0.15, 0.2) is 54.6 Å². The average molecular weight is 350 g/mol. The van der Waals surface area contributed by atoms with Gasteiger partial charge in [0.25, 0.3) is 0 Å². The first-order valence-electron chi connectivity index (χ1n) is 9.31. The number of nitrogens with one attached hydrogen (secondary N) is 1. The normalized spacial score (nSPS) is 16.0. The number of carbonyl (C=O) groups excluding carboxylic acids is 2. The molecule has 0 saturated carbocycles. The molecular weight excluding hydrogens is 324 g/mol. The van der Waals surface area contributed by atoms with Gasteiger partial charge in [0, 0.05) is 26.4 Å². The maximum atomic E-state index is 12.8. The third-order valence-corrected chi connectivity index (χ3v) is 4.99. The maximum absolute atomic E-state index is 12.8. The van der Waals surface area contributed by atoms with E-state index in [9.17, 15) is 9.59 Å². The lowest BCUT2D eigenvalue weighted by molar-refractivity contribution is -0.134. The van der Waals surface area contributed by atoms with Crippen LogP contribution in [0.2, 0.25) is 0 Å². The Morgan fingerprint density at radius 2 is 1.81 bits per heavy atom. The highest BCUT2D eigenvalue weighted by Gasteiger charge is 2.29. The first-order chi connectivity index (χ1) is 12.6. The van der Waals surface area contributed by atoms with Crippen LogP contribution >= 0.6 is 0 Å². The van der Waals surface area contributed by atoms with E-state index in [0.717, 1.165) is 25.8 Å². The molecule has 0 aliphatic carbocycles. The van der Waals surface area contributed by atoms with Crippen molar-refractivity contribution in [1.82, 2.24) is 10.2 Å². The molecule has 0 aromatic heterocycles. The van der Waals surface area contributed by atoms with Gasteiger partial charge >= 0.3 is 0 Å². The number of nitrogens with zero attached hydrogens (tertiary/aromatic N) is 1. The molecule has 0 saturated heterocycles. The van der Waals surface area contributed by atoms with Crippen molar-refractivity contribution in [3.8, 4) is 0 Å². The van der Waals surface area contributed by atoms with Gasteiger partial charge in [-0.05, 0) is 36.0 Å². The van der Waals surface area contributed by atoms with Crippen molar-refractivity contribution in [3.63, 3.8) is 0 Å². The summed E-state index contributed by atoms with van der Waals surface area (Å²) in [7, 11) is 0. The molecule has 1 atom stereocenters. The lowest BCUT2D eigenvalue weighted by atomic mass is 9.88. The second-order valence-corrected chi connectivity index (χ2v) is 6.81. The van der Waals surface area contributed by atoms with Gasteiger partial charge in [0.2, 0.25) is 11.8 Å². The third kappa shape index (κ3) is 4.51. The maximum Gasteiger partial charge on any atom is 0.224 e. The molecule has 1 heterocycles. The Morgan fingerprint density at radius 1 is 1.08 bits per heavy atom. The van der Waals surface area contributed by atoms with Crippen molar-refractivity contribution in [1.29, 1.82) is 0 Å². The average Bonchev–Trinajstić information content (AvgIpc) is 2.66. The summed E-state index contributed by atoms with van der Waals surface area (Å²) in [6.45, 7) is 2.62. The van der Waals surface area contributed by atoms with Crippen LogP contribution in [0.3, 0.4) is 0 Å². The fourth-order valence-electron chi connectivity index (χ4n) is 3.70. The van der Waals surface area contributed by atoms with Crippen LogP contribution in [0.25, 0.3) is 0 Å². The van der Waals surface area contributed by atoms with E-state index in [2.05, 4.69) is 53.8 Å². The van der Waals surface area contributed by atoms with Crippen LogP contribution in [0.1, 0.15) is 42.5 Å². The zero-order valence-electron chi connectivity index (χ0n) is 15.3. The van der Waals surface area contributed by atoms with Gasteiger partial charge in [0.1, 0.15) is 0 Å². The van der Waals surface area contributed by atoms with E-state index in [-0.39, 0.29) is 17.9 Å². The number of hydrogen-bond donors (Lipinski definition) is 1. The van der Waals surface area contributed by atoms with Gasteiger partial charge in [-0.15, -0.1) is 0 Å². The molecule has 2 aromatic rings. The summed E-state index contributed by atoms with van der Waals surface area (Å²) < 4.78 is 0. The van der Waals surface area contributed by atoms with Crippen LogP contribution in [-0.4, -0.2) is 29.8 Å². The van der Waals surface area contributed by atoms with Gasteiger partial charge in [-0.3, -0.25) is 9.59 Å². The molecule has 1 N–H and O–H groups in total. The van der Waals surface area contributed by atoms with E-state index in [1.807, 2.05) is 11.0 Å². The molecule has 2 amide bonds. The van der Waals surface area contributed by atoms with Crippen LogP contribution in [0.5, 0.6) is 0 Å². The first-order valence-corrected chi connectivity index (χ1v) is 9.31.